The molecule has 0 amide bonds. The first kappa shape index (κ1) is 55.4. The maximum absolute atomic E-state index is 7.79. The zero-order chi connectivity index (χ0) is 63.6. The number of nitrogens with zero attached hydrogens (tertiary/aromatic N) is 6. The van der Waals surface area contributed by atoms with Crippen LogP contribution in [0, 0.1) is 0 Å². The molecular formula is C87H62B2N6O. The van der Waals surface area contributed by atoms with Gasteiger partial charge in [-0.1, -0.05) is 208 Å². The van der Waals surface area contributed by atoms with Crippen molar-refractivity contribution < 1.29 is 4.74 Å². The van der Waals surface area contributed by atoms with Gasteiger partial charge in [-0.3, -0.25) is 0 Å². The SMILES string of the molecule is CC1(C)c2ccccc2N(c2ccccc2)c2cc3c(cc21)B1c2cc4c(cc2N(c2ccccc2)c2cc(N(c5ccccc5)c5ccccc5)cc(c21)O3)N(c1ccccc1)c1cc(N(c2ccccc2)c2ccccc2)cc2c1B4c1ccccc1N2c1ccccc1. The van der Waals surface area contributed by atoms with Gasteiger partial charge in [-0.25, -0.2) is 0 Å². The third-order valence-corrected chi connectivity index (χ3v) is 20.3. The molecule has 9 heteroatoms. The van der Waals surface area contributed by atoms with Gasteiger partial charge >= 0.3 is 0 Å². The van der Waals surface area contributed by atoms with Gasteiger partial charge in [0.15, 0.2) is 0 Å². The van der Waals surface area contributed by atoms with Crippen LogP contribution in [-0.4, -0.2) is 13.4 Å². The van der Waals surface area contributed by atoms with E-state index in [2.05, 4.69) is 383 Å². The fraction of sp³-hybridized carbons (Fsp3) is 0.0345. The number of rotatable bonds is 10. The second-order valence-electron chi connectivity index (χ2n) is 26.0. The molecule has 96 heavy (non-hydrogen) atoms. The molecule has 7 nitrogen and oxygen atoms in total. The zero-order valence-corrected chi connectivity index (χ0v) is 53.1. The predicted molar refractivity (Wildman–Crippen MR) is 402 cm³/mol. The normalized spacial score (nSPS) is 13.8. The Morgan fingerprint density at radius 3 is 1.08 bits per heavy atom. The highest BCUT2D eigenvalue weighted by molar-refractivity contribution is 7.02. The van der Waals surface area contributed by atoms with Gasteiger partial charge in [0, 0.05) is 97.2 Å². The summed E-state index contributed by atoms with van der Waals surface area (Å²) in [6.07, 6.45) is 0. The van der Waals surface area contributed by atoms with Crippen molar-refractivity contribution in [2.24, 2.45) is 0 Å². The van der Waals surface area contributed by atoms with E-state index in [1.54, 1.807) is 0 Å². The van der Waals surface area contributed by atoms with Crippen LogP contribution in [0.2, 0.25) is 0 Å². The van der Waals surface area contributed by atoms with Crippen molar-refractivity contribution >= 4 is 149 Å². The van der Waals surface area contributed by atoms with E-state index in [9.17, 15) is 0 Å². The standard InChI is InChI=1S/C87H62B2N6O/c1-87(2)69-47-27-29-49-75(69)92(63-39-19-7-20-40-63)77-58-83-74(55-70(77)87)89-73-56-72-78(57-79(73)95(66-45-25-10-26-46-66)82-53-68(54-84(96-83)86(82)89)91(61-35-15-5-16-36-61)62-37-17-6-18-38-62)94(65-43-23-9-24-44-65)81-52-67(90(59-31-11-3-12-32-59)60-33-13-4-14-34-60)51-80-85(81)88(72)71-48-28-30-50-76(71)93(80)64-41-21-8-22-42-64/h3-58H,1-2H3. The average Bonchev–Trinajstić information content (AvgIpc) is 0.688. The lowest BCUT2D eigenvalue weighted by Crippen LogP contribution is -2.64. The molecule has 0 radical (unpaired) electrons. The maximum atomic E-state index is 7.79. The molecule has 0 aromatic heterocycles. The van der Waals surface area contributed by atoms with E-state index in [4.69, 9.17) is 4.74 Å². The zero-order valence-electron chi connectivity index (χ0n) is 53.1. The van der Waals surface area contributed by atoms with Crippen molar-refractivity contribution in [3.63, 3.8) is 0 Å². The second-order valence-corrected chi connectivity index (χ2v) is 26.0. The molecule has 5 heterocycles. The van der Waals surface area contributed by atoms with Gasteiger partial charge < -0.3 is 34.1 Å². The number of anilines is 18. The Labute approximate surface area is 561 Å². The fourth-order valence-corrected chi connectivity index (χ4v) is 16.2. The third kappa shape index (κ3) is 8.56. The maximum Gasteiger partial charge on any atom is 0.256 e. The van der Waals surface area contributed by atoms with Crippen LogP contribution in [0.3, 0.4) is 0 Å². The Morgan fingerprint density at radius 1 is 0.250 bits per heavy atom. The van der Waals surface area contributed by atoms with Crippen LogP contribution in [0.15, 0.2) is 340 Å². The molecule has 0 fully saturated rings. The van der Waals surface area contributed by atoms with Gasteiger partial charge in [-0.15, -0.1) is 0 Å². The molecule has 5 aliphatic rings. The second kappa shape index (κ2) is 22.0. The first-order valence-electron chi connectivity index (χ1n) is 33.2. The topological polar surface area (TPSA) is 28.7 Å². The third-order valence-electron chi connectivity index (χ3n) is 20.3. The average molecular weight is 1230 g/mol. The molecule has 5 aliphatic heterocycles. The quantitative estimate of drug-likeness (QED) is 0.126. The van der Waals surface area contributed by atoms with Crippen molar-refractivity contribution in [2.45, 2.75) is 19.3 Å². The summed E-state index contributed by atoms with van der Waals surface area (Å²) in [6.45, 7) is 4.32. The highest BCUT2D eigenvalue weighted by atomic mass is 16.5. The van der Waals surface area contributed by atoms with Gasteiger partial charge in [-0.2, -0.15) is 0 Å². The van der Waals surface area contributed by atoms with Crippen LogP contribution in [0.1, 0.15) is 25.0 Å². The Bertz CT molecular complexity index is 5260. The molecule has 0 unspecified atom stereocenters. The molecule has 0 N–H and O–H groups in total. The smallest absolute Gasteiger partial charge is 0.256 e. The van der Waals surface area contributed by atoms with Crippen LogP contribution >= 0.6 is 0 Å². The molecule has 14 aromatic carbocycles. The van der Waals surface area contributed by atoms with Gasteiger partial charge in [0.2, 0.25) is 0 Å². The molecule has 0 saturated heterocycles. The molecule has 19 rings (SSSR count). The molecular weight excluding hydrogens is 1170 g/mol. The Kier molecular flexibility index (Phi) is 12.7. The summed E-state index contributed by atoms with van der Waals surface area (Å²) < 4.78 is 7.79. The van der Waals surface area contributed by atoms with Crippen molar-refractivity contribution in [3.05, 3.63) is 351 Å². The van der Waals surface area contributed by atoms with Crippen LogP contribution in [0.25, 0.3) is 0 Å². The largest absolute Gasteiger partial charge is 0.458 e. The first-order valence-corrected chi connectivity index (χ1v) is 33.2. The number of benzene rings is 14. The highest BCUT2D eigenvalue weighted by Crippen LogP contribution is 2.56. The minimum Gasteiger partial charge on any atom is -0.458 e. The summed E-state index contributed by atoms with van der Waals surface area (Å²) in [5.74, 6) is 1.65. The summed E-state index contributed by atoms with van der Waals surface area (Å²) >= 11 is 0. The summed E-state index contributed by atoms with van der Waals surface area (Å²) in [5, 5.41) is 0. The van der Waals surface area contributed by atoms with E-state index in [-0.39, 0.29) is 13.4 Å². The highest BCUT2D eigenvalue weighted by Gasteiger charge is 2.50. The molecule has 14 aromatic rings. The monoisotopic (exact) mass is 1230 g/mol. The predicted octanol–water partition coefficient (Wildman–Crippen LogP) is 19.2. The Morgan fingerprint density at radius 2 is 0.615 bits per heavy atom. The first-order chi connectivity index (χ1) is 47.4. The molecule has 0 atom stereocenters. The van der Waals surface area contributed by atoms with Gasteiger partial charge in [0.05, 0.1) is 22.7 Å². The van der Waals surface area contributed by atoms with Gasteiger partial charge in [-0.05, 0) is 177 Å². The Hall–Kier alpha value is -12.2. The lowest BCUT2D eigenvalue weighted by atomic mass is 9.30. The number of ether oxygens (including phenoxy) is 1. The van der Waals surface area contributed by atoms with E-state index >= 15 is 0 Å². The van der Waals surface area contributed by atoms with Crippen LogP contribution in [0.4, 0.5) is 102 Å². The van der Waals surface area contributed by atoms with E-state index in [0.29, 0.717) is 0 Å². The van der Waals surface area contributed by atoms with Crippen LogP contribution in [-0.2, 0) is 5.41 Å². The van der Waals surface area contributed by atoms with Crippen LogP contribution < -0.4 is 66.9 Å². The minimum atomic E-state index is -0.392. The summed E-state index contributed by atoms with van der Waals surface area (Å²) in [5.41, 5.74) is 28.8. The molecule has 0 spiro atoms. The number of hydrogen-bond donors (Lipinski definition) is 0. The summed E-state index contributed by atoms with van der Waals surface area (Å²) in [7, 11) is 0. The van der Waals surface area contributed by atoms with Gasteiger partial charge in [0.25, 0.3) is 13.4 Å². The molecule has 452 valence electrons. The molecule has 0 aliphatic carbocycles. The van der Waals surface area contributed by atoms with E-state index < -0.39 is 5.41 Å². The van der Waals surface area contributed by atoms with Crippen molar-refractivity contribution in [3.8, 4) is 11.5 Å². The molecule has 0 bridgehead atoms. The van der Waals surface area contributed by atoms with Crippen molar-refractivity contribution in [1.29, 1.82) is 0 Å². The lowest BCUT2D eigenvalue weighted by Gasteiger charge is -2.47. The van der Waals surface area contributed by atoms with Gasteiger partial charge in [0.1, 0.15) is 11.5 Å². The lowest BCUT2D eigenvalue weighted by molar-refractivity contribution is 0.487. The van der Waals surface area contributed by atoms with E-state index in [1.165, 1.54) is 33.0 Å². The van der Waals surface area contributed by atoms with E-state index in [1.807, 2.05) is 0 Å². The van der Waals surface area contributed by atoms with Crippen molar-refractivity contribution in [2.75, 3.05) is 29.4 Å². The number of hydrogen-bond acceptors (Lipinski definition) is 7. The fourth-order valence-electron chi connectivity index (χ4n) is 16.2. The minimum absolute atomic E-state index is 0.196. The van der Waals surface area contributed by atoms with Crippen molar-refractivity contribution in [1.82, 2.24) is 0 Å². The number of fused-ring (bicyclic) bond motifs is 10. The summed E-state index contributed by atoms with van der Waals surface area (Å²) in [4.78, 5) is 14.8. The summed E-state index contributed by atoms with van der Waals surface area (Å²) in [6, 6.07) is 125. The number of para-hydroxylation sites is 10. The van der Waals surface area contributed by atoms with E-state index in [0.717, 1.165) is 125 Å². The van der Waals surface area contributed by atoms with Crippen LogP contribution in [0.5, 0.6) is 11.5 Å². The molecule has 0 saturated carbocycles. The Balaban J connectivity index is 0.932.